The van der Waals surface area contributed by atoms with Gasteiger partial charge in [0.1, 0.15) is 11.5 Å². The summed E-state index contributed by atoms with van der Waals surface area (Å²) in [7, 11) is 0. The SMILES string of the molecule is Cc1ccccc1Oc1ccc(NC(=O)CCC(=O)OCC(=O)Nc2cccc(C)c2C)cc1. The summed E-state index contributed by atoms with van der Waals surface area (Å²) in [6.45, 7) is 5.41. The van der Waals surface area contributed by atoms with Crippen molar-refractivity contribution in [3.63, 3.8) is 0 Å². The number of hydrogen-bond donors (Lipinski definition) is 2. The molecular weight excluding hydrogens is 432 g/mol. The second kappa shape index (κ2) is 11.7. The van der Waals surface area contributed by atoms with Crippen LogP contribution in [0.1, 0.15) is 29.5 Å². The first-order valence-electron chi connectivity index (χ1n) is 11.0. The third kappa shape index (κ3) is 7.20. The zero-order chi connectivity index (χ0) is 24.5. The van der Waals surface area contributed by atoms with Crippen molar-refractivity contribution in [2.75, 3.05) is 17.2 Å². The highest BCUT2D eigenvalue weighted by Gasteiger charge is 2.12. The number of ether oxygens (including phenoxy) is 2. The Bertz CT molecular complexity index is 1170. The number of para-hydroxylation sites is 1. The van der Waals surface area contributed by atoms with Crippen molar-refractivity contribution in [1.29, 1.82) is 0 Å². The standard InChI is InChI=1S/C27H28N2O5/c1-18-8-6-9-23(20(18)3)29-26(31)17-33-27(32)16-15-25(30)28-21-11-13-22(14-12-21)34-24-10-5-4-7-19(24)2/h4-14H,15-17H2,1-3H3,(H,28,30)(H,29,31). The van der Waals surface area contributed by atoms with Crippen LogP contribution in [0, 0.1) is 20.8 Å². The lowest BCUT2D eigenvalue weighted by Gasteiger charge is -2.11. The largest absolute Gasteiger partial charge is 0.457 e. The van der Waals surface area contributed by atoms with Crippen LogP contribution in [0.25, 0.3) is 0 Å². The van der Waals surface area contributed by atoms with Gasteiger partial charge in [-0.05, 0) is 73.9 Å². The Morgan fingerprint density at radius 1 is 0.735 bits per heavy atom. The minimum atomic E-state index is -0.617. The highest BCUT2D eigenvalue weighted by Crippen LogP contribution is 2.25. The van der Waals surface area contributed by atoms with Crippen LogP contribution in [0.15, 0.2) is 66.7 Å². The molecule has 2 N–H and O–H groups in total. The number of benzene rings is 3. The number of carbonyl (C=O) groups excluding carboxylic acids is 3. The number of rotatable bonds is 9. The minimum Gasteiger partial charge on any atom is -0.457 e. The molecule has 3 aromatic rings. The molecule has 0 fully saturated rings. The van der Waals surface area contributed by atoms with Crippen LogP contribution in [-0.4, -0.2) is 24.4 Å². The van der Waals surface area contributed by atoms with E-state index in [2.05, 4.69) is 10.6 Å². The maximum Gasteiger partial charge on any atom is 0.306 e. The van der Waals surface area contributed by atoms with E-state index in [9.17, 15) is 14.4 Å². The van der Waals surface area contributed by atoms with Gasteiger partial charge in [0.15, 0.2) is 6.61 Å². The Hall–Kier alpha value is -4.13. The smallest absolute Gasteiger partial charge is 0.306 e. The fourth-order valence-electron chi connectivity index (χ4n) is 3.13. The summed E-state index contributed by atoms with van der Waals surface area (Å²) in [5.74, 6) is 0.0348. The minimum absolute atomic E-state index is 0.0566. The molecular formula is C27H28N2O5. The van der Waals surface area contributed by atoms with Crippen LogP contribution < -0.4 is 15.4 Å². The zero-order valence-electron chi connectivity index (χ0n) is 19.5. The molecule has 0 saturated carbocycles. The van der Waals surface area contributed by atoms with E-state index in [1.807, 2.05) is 57.2 Å². The molecule has 0 aliphatic carbocycles. The van der Waals surface area contributed by atoms with Crippen LogP contribution in [0.4, 0.5) is 11.4 Å². The van der Waals surface area contributed by atoms with E-state index in [0.29, 0.717) is 17.1 Å². The molecule has 0 bridgehead atoms. The average molecular weight is 461 g/mol. The molecule has 0 saturated heterocycles. The van der Waals surface area contributed by atoms with Gasteiger partial charge in [0.05, 0.1) is 6.42 Å². The van der Waals surface area contributed by atoms with Gasteiger partial charge in [-0.25, -0.2) is 0 Å². The molecule has 7 heteroatoms. The first-order valence-corrected chi connectivity index (χ1v) is 11.0. The van der Waals surface area contributed by atoms with Crippen LogP contribution in [0.5, 0.6) is 11.5 Å². The summed E-state index contributed by atoms with van der Waals surface area (Å²) in [5, 5.41) is 5.45. The third-order valence-corrected chi connectivity index (χ3v) is 5.26. The molecule has 0 aromatic heterocycles. The quantitative estimate of drug-likeness (QED) is 0.423. The molecule has 7 nitrogen and oxygen atoms in total. The first-order chi connectivity index (χ1) is 16.3. The summed E-state index contributed by atoms with van der Waals surface area (Å²) >= 11 is 0. The average Bonchev–Trinajstić information content (AvgIpc) is 2.82. The number of anilines is 2. The molecule has 2 amide bonds. The second-order valence-electron chi connectivity index (χ2n) is 7.90. The van der Waals surface area contributed by atoms with Gasteiger partial charge in [-0.15, -0.1) is 0 Å². The lowest BCUT2D eigenvalue weighted by molar-refractivity contribution is -0.147. The topological polar surface area (TPSA) is 93.7 Å². The molecule has 0 spiro atoms. The normalized spacial score (nSPS) is 10.3. The van der Waals surface area contributed by atoms with Crippen molar-refractivity contribution in [2.45, 2.75) is 33.6 Å². The van der Waals surface area contributed by atoms with Crippen molar-refractivity contribution >= 4 is 29.2 Å². The Kier molecular flexibility index (Phi) is 8.40. The summed E-state index contributed by atoms with van der Waals surface area (Å²) in [4.78, 5) is 36.1. The monoisotopic (exact) mass is 460 g/mol. The number of hydrogen-bond acceptors (Lipinski definition) is 5. The number of carbonyl (C=O) groups is 3. The molecule has 3 aromatic carbocycles. The van der Waals surface area contributed by atoms with Gasteiger partial charge < -0.3 is 20.1 Å². The van der Waals surface area contributed by atoms with E-state index in [1.165, 1.54) is 0 Å². The van der Waals surface area contributed by atoms with Gasteiger partial charge in [0.25, 0.3) is 5.91 Å². The van der Waals surface area contributed by atoms with Gasteiger partial charge in [-0.1, -0.05) is 30.3 Å². The Balaban J connectivity index is 1.38. The van der Waals surface area contributed by atoms with E-state index < -0.39 is 18.5 Å². The molecule has 0 heterocycles. The molecule has 0 unspecified atom stereocenters. The number of amides is 2. The lowest BCUT2D eigenvalue weighted by Crippen LogP contribution is -2.22. The highest BCUT2D eigenvalue weighted by molar-refractivity contribution is 5.95. The van der Waals surface area contributed by atoms with Crippen molar-refractivity contribution in [3.8, 4) is 11.5 Å². The maximum atomic E-state index is 12.2. The molecule has 0 aliphatic heterocycles. The van der Waals surface area contributed by atoms with Crippen molar-refractivity contribution in [2.24, 2.45) is 0 Å². The van der Waals surface area contributed by atoms with Crippen molar-refractivity contribution in [1.82, 2.24) is 0 Å². The number of nitrogens with one attached hydrogen (secondary N) is 2. The van der Waals surface area contributed by atoms with Gasteiger partial charge >= 0.3 is 5.97 Å². The maximum absolute atomic E-state index is 12.2. The van der Waals surface area contributed by atoms with E-state index in [-0.39, 0.29) is 18.7 Å². The number of esters is 1. The highest BCUT2D eigenvalue weighted by atomic mass is 16.5. The first kappa shape index (κ1) is 24.5. The van der Waals surface area contributed by atoms with Gasteiger partial charge in [0.2, 0.25) is 5.91 Å². The Labute approximate surface area is 199 Å². The van der Waals surface area contributed by atoms with E-state index in [4.69, 9.17) is 9.47 Å². The third-order valence-electron chi connectivity index (χ3n) is 5.26. The summed E-state index contributed by atoms with van der Waals surface area (Å²) in [6.07, 6.45) is -0.185. The Morgan fingerprint density at radius 2 is 1.44 bits per heavy atom. The van der Waals surface area contributed by atoms with Crippen molar-refractivity contribution in [3.05, 3.63) is 83.4 Å². The Morgan fingerprint density at radius 3 is 2.18 bits per heavy atom. The van der Waals surface area contributed by atoms with Gasteiger partial charge in [0, 0.05) is 17.8 Å². The summed E-state index contributed by atoms with van der Waals surface area (Å²) in [6, 6.07) is 20.2. The van der Waals surface area contributed by atoms with Crippen LogP contribution in [0.3, 0.4) is 0 Å². The lowest BCUT2D eigenvalue weighted by atomic mass is 10.1. The van der Waals surface area contributed by atoms with E-state index >= 15 is 0 Å². The fourth-order valence-corrected chi connectivity index (χ4v) is 3.13. The second-order valence-corrected chi connectivity index (χ2v) is 7.90. The van der Waals surface area contributed by atoms with Crippen LogP contribution in [0.2, 0.25) is 0 Å². The summed E-state index contributed by atoms with van der Waals surface area (Å²) in [5.41, 5.74) is 4.29. The molecule has 176 valence electrons. The van der Waals surface area contributed by atoms with Gasteiger partial charge in [-0.2, -0.15) is 0 Å². The van der Waals surface area contributed by atoms with Crippen LogP contribution >= 0.6 is 0 Å². The van der Waals surface area contributed by atoms with Crippen molar-refractivity contribution < 1.29 is 23.9 Å². The summed E-state index contributed by atoms with van der Waals surface area (Å²) < 4.78 is 10.8. The molecule has 3 rings (SSSR count). The predicted octanol–water partition coefficient (Wildman–Crippen LogP) is 5.30. The van der Waals surface area contributed by atoms with Crippen LogP contribution in [-0.2, 0) is 19.1 Å². The van der Waals surface area contributed by atoms with E-state index in [0.717, 1.165) is 22.4 Å². The predicted molar refractivity (Wildman–Crippen MR) is 131 cm³/mol. The molecule has 0 radical (unpaired) electrons. The zero-order valence-corrected chi connectivity index (χ0v) is 19.5. The molecule has 34 heavy (non-hydrogen) atoms. The van der Waals surface area contributed by atoms with Gasteiger partial charge in [-0.3, -0.25) is 14.4 Å². The fraction of sp³-hybridized carbons (Fsp3) is 0.222. The van der Waals surface area contributed by atoms with E-state index in [1.54, 1.807) is 30.3 Å². The number of aryl methyl sites for hydroxylation is 2. The molecule has 0 atom stereocenters. The molecule has 0 aliphatic rings.